The van der Waals surface area contributed by atoms with Gasteiger partial charge in [0.15, 0.2) is 11.5 Å². The van der Waals surface area contributed by atoms with Crippen LogP contribution in [0, 0.1) is 0 Å². The molecular formula is C13H15NO5. The second-order valence-electron chi connectivity index (χ2n) is 4.04. The van der Waals surface area contributed by atoms with Crippen molar-refractivity contribution in [3.05, 3.63) is 23.8 Å². The molecule has 0 unspecified atom stereocenters. The highest BCUT2D eigenvalue weighted by molar-refractivity contribution is 5.99. The molecule has 0 saturated carbocycles. The first-order chi connectivity index (χ1) is 9.13. The van der Waals surface area contributed by atoms with Crippen molar-refractivity contribution in [2.75, 3.05) is 26.3 Å². The zero-order valence-electron chi connectivity index (χ0n) is 10.6. The molecular weight excluding hydrogens is 250 g/mol. The van der Waals surface area contributed by atoms with E-state index in [0.29, 0.717) is 36.8 Å². The van der Waals surface area contributed by atoms with Gasteiger partial charge < -0.3 is 19.5 Å². The monoisotopic (exact) mass is 265 g/mol. The minimum absolute atomic E-state index is 0.315. The maximum atomic E-state index is 12.3. The van der Waals surface area contributed by atoms with Crippen LogP contribution in [0.25, 0.3) is 0 Å². The van der Waals surface area contributed by atoms with Crippen LogP contribution in [0.3, 0.4) is 0 Å². The number of rotatable bonds is 4. The lowest BCUT2D eigenvalue weighted by Gasteiger charge is -2.24. The van der Waals surface area contributed by atoms with Crippen molar-refractivity contribution in [1.29, 1.82) is 0 Å². The number of fused-ring (bicyclic) bond motifs is 1. The van der Waals surface area contributed by atoms with Gasteiger partial charge in [-0.25, -0.2) is 0 Å². The number of ether oxygens (including phenoxy) is 2. The lowest BCUT2D eigenvalue weighted by molar-refractivity contribution is -0.137. The Bertz CT molecular complexity index is 500. The first kappa shape index (κ1) is 13.2. The number of para-hydroxylation sites is 1. The van der Waals surface area contributed by atoms with E-state index in [1.807, 2.05) is 0 Å². The molecule has 0 aromatic heterocycles. The van der Waals surface area contributed by atoms with Gasteiger partial charge in [-0.3, -0.25) is 9.59 Å². The largest absolute Gasteiger partial charge is 0.486 e. The molecule has 6 heteroatoms. The highest BCUT2D eigenvalue weighted by Crippen LogP contribution is 2.34. The molecule has 1 aliphatic rings. The van der Waals surface area contributed by atoms with Gasteiger partial charge in [0.1, 0.15) is 19.8 Å². The number of likely N-dealkylation sites (N-methyl/N-ethyl adjacent to an activating group) is 1. The Morgan fingerprint density at radius 3 is 2.74 bits per heavy atom. The van der Waals surface area contributed by atoms with Crippen molar-refractivity contribution in [1.82, 2.24) is 4.90 Å². The highest BCUT2D eigenvalue weighted by atomic mass is 16.6. The number of aliphatic carboxylic acids is 1. The third-order valence-electron chi connectivity index (χ3n) is 2.79. The molecule has 0 atom stereocenters. The molecule has 0 spiro atoms. The van der Waals surface area contributed by atoms with E-state index in [1.165, 1.54) is 4.90 Å². The lowest BCUT2D eigenvalue weighted by atomic mass is 10.1. The van der Waals surface area contributed by atoms with E-state index in [9.17, 15) is 9.59 Å². The molecule has 1 aromatic rings. The van der Waals surface area contributed by atoms with E-state index in [1.54, 1.807) is 25.1 Å². The topological polar surface area (TPSA) is 76.1 Å². The fourth-order valence-electron chi connectivity index (χ4n) is 1.90. The average Bonchev–Trinajstić information content (AvgIpc) is 2.43. The minimum Gasteiger partial charge on any atom is -0.486 e. The molecule has 1 N–H and O–H groups in total. The number of nitrogens with zero attached hydrogens (tertiary/aromatic N) is 1. The average molecular weight is 265 g/mol. The zero-order chi connectivity index (χ0) is 13.8. The van der Waals surface area contributed by atoms with Crippen LogP contribution in [0.2, 0.25) is 0 Å². The van der Waals surface area contributed by atoms with Crippen molar-refractivity contribution < 1.29 is 24.2 Å². The van der Waals surface area contributed by atoms with Crippen LogP contribution in [0.15, 0.2) is 18.2 Å². The molecule has 6 nitrogen and oxygen atoms in total. The SMILES string of the molecule is CCN(CC(=O)O)C(=O)c1cccc2c1OCCO2. The normalized spacial score (nSPS) is 12.9. The summed E-state index contributed by atoms with van der Waals surface area (Å²) in [5, 5.41) is 8.80. The van der Waals surface area contributed by atoms with E-state index in [4.69, 9.17) is 14.6 Å². The van der Waals surface area contributed by atoms with Gasteiger partial charge in [0.25, 0.3) is 5.91 Å². The van der Waals surface area contributed by atoms with E-state index in [0.717, 1.165) is 0 Å². The van der Waals surface area contributed by atoms with Crippen molar-refractivity contribution in [3.8, 4) is 11.5 Å². The first-order valence-corrected chi connectivity index (χ1v) is 6.03. The summed E-state index contributed by atoms with van der Waals surface area (Å²) in [5.41, 5.74) is 0.334. The molecule has 2 rings (SSSR count). The van der Waals surface area contributed by atoms with Gasteiger partial charge in [-0.15, -0.1) is 0 Å². The predicted octanol–water partition coefficient (Wildman–Crippen LogP) is 1.00. The van der Waals surface area contributed by atoms with Gasteiger partial charge in [-0.05, 0) is 19.1 Å². The van der Waals surface area contributed by atoms with Crippen molar-refractivity contribution in [3.63, 3.8) is 0 Å². The number of carbonyl (C=O) groups is 2. The summed E-state index contributed by atoms with van der Waals surface area (Å²) in [6, 6.07) is 5.02. The Morgan fingerprint density at radius 2 is 2.05 bits per heavy atom. The molecule has 0 aliphatic carbocycles. The van der Waals surface area contributed by atoms with Crippen LogP contribution in [-0.2, 0) is 4.79 Å². The number of hydrogen-bond donors (Lipinski definition) is 1. The molecule has 1 heterocycles. The molecule has 0 bridgehead atoms. The van der Waals surface area contributed by atoms with Gasteiger partial charge in [0.05, 0.1) is 5.56 Å². The summed E-state index contributed by atoms with van der Waals surface area (Å²) in [6.07, 6.45) is 0. The Hall–Kier alpha value is -2.24. The number of carboxylic acid groups (broad SMARTS) is 1. The predicted molar refractivity (Wildman–Crippen MR) is 66.6 cm³/mol. The van der Waals surface area contributed by atoms with Crippen LogP contribution >= 0.6 is 0 Å². The van der Waals surface area contributed by atoms with Gasteiger partial charge in [0, 0.05) is 6.54 Å². The van der Waals surface area contributed by atoms with Gasteiger partial charge >= 0.3 is 5.97 Å². The Labute approximate surface area is 110 Å². The molecule has 1 aliphatic heterocycles. The summed E-state index contributed by atoms with van der Waals surface area (Å²) in [7, 11) is 0. The summed E-state index contributed by atoms with van der Waals surface area (Å²) in [4.78, 5) is 24.3. The number of benzene rings is 1. The quantitative estimate of drug-likeness (QED) is 0.879. The van der Waals surface area contributed by atoms with Crippen molar-refractivity contribution in [2.24, 2.45) is 0 Å². The van der Waals surface area contributed by atoms with Gasteiger partial charge in [-0.1, -0.05) is 6.07 Å². The molecule has 1 aromatic carbocycles. The Balaban J connectivity index is 2.30. The van der Waals surface area contributed by atoms with Crippen LogP contribution < -0.4 is 9.47 Å². The zero-order valence-corrected chi connectivity index (χ0v) is 10.6. The number of carbonyl (C=O) groups excluding carboxylic acids is 1. The van der Waals surface area contributed by atoms with Crippen LogP contribution in [0.1, 0.15) is 17.3 Å². The fourth-order valence-corrected chi connectivity index (χ4v) is 1.90. The summed E-state index contributed by atoms with van der Waals surface area (Å²) < 4.78 is 10.9. The van der Waals surface area contributed by atoms with Crippen LogP contribution in [0.4, 0.5) is 0 Å². The maximum Gasteiger partial charge on any atom is 0.323 e. The molecule has 0 fully saturated rings. The lowest BCUT2D eigenvalue weighted by Crippen LogP contribution is -2.36. The van der Waals surface area contributed by atoms with Crippen molar-refractivity contribution >= 4 is 11.9 Å². The first-order valence-electron chi connectivity index (χ1n) is 6.03. The number of amides is 1. The molecule has 0 radical (unpaired) electrons. The number of hydrogen-bond acceptors (Lipinski definition) is 4. The van der Waals surface area contributed by atoms with E-state index in [-0.39, 0.29) is 12.5 Å². The standard InChI is InChI=1S/C13H15NO5/c1-2-14(8-11(15)16)13(17)9-4-3-5-10-12(9)19-7-6-18-10/h3-5H,2,6-8H2,1H3,(H,15,16). The third-order valence-corrected chi connectivity index (χ3v) is 2.79. The Morgan fingerprint density at radius 1 is 1.32 bits per heavy atom. The maximum absolute atomic E-state index is 12.3. The smallest absolute Gasteiger partial charge is 0.323 e. The molecule has 102 valence electrons. The summed E-state index contributed by atoms with van der Waals surface area (Å²) >= 11 is 0. The minimum atomic E-state index is -1.04. The molecule has 1 amide bonds. The van der Waals surface area contributed by atoms with Crippen LogP contribution in [-0.4, -0.2) is 48.2 Å². The molecule has 19 heavy (non-hydrogen) atoms. The van der Waals surface area contributed by atoms with E-state index < -0.39 is 5.97 Å². The number of carboxylic acids is 1. The fraction of sp³-hybridized carbons (Fsp3) is 0.385. The van der Waals surface area contributed by atoms with E-state index >= 15 is 0 Å². The second-order valence-corrected chi connectivity index (χ2v) is 4.04. The highest BCUT2D eigenvalue weighted by Gasteiger charge is 2.24. The van der Waals surface area contributed by atoms with Gasteiger partial charge in [0.2, 0.25) is 0 Å². The summed E-state index contributed by atoms with van der Waals surface area (Å²) in [6.45, 7) is 2.53. The van der Waals surface area contributed by atoms with Gasteiger partial charge in [-0.2, -0.15) is 0 Å². The van der Waals surface area contributed by atoms with Crippen molar-refractivity contribution in [2.45, 2.75) is 6.92 Å². The van der Waals surface area contributed by atoms with Crippen LogP contribution in [0.5, 0.6) is 11.5 Å². The second kappa shape index (κ2) is 5.60. The molecule has 0 saturated heterocycles. The third kappa shape index (κ3) is 2.78. The summed E-state index contributed by atoms with van der Waals surface area (Å²) in [5.74, 6) is -0.504. The Kier molecular flexibility index (Phi) is 3.89. The van der Waals surface area contributed by atoms with E-state index in [2.05, 4.69) is 0 Å².